The zero-order chi connectivity index (χ0) is 15.5. The molecule has 0 aliphatic carbocycles. The standard InChI is InChI=1S/C15H22N2O3S/c1-12(13-6-4-3-5-7-13)17(2)10-15(18)16-14-8-9-21(19,20)11-14/h3-7,12,14H,8-11H2,1-2H3,(H,16,18)/t12-,14+/m1/s1. The molecule has 116 valence electrons. The van der Waals surface area contributed by atoms with Crippen molar-refractivity contribution in [2.75, 3.05) is 25.1 Å². The number of likely N-dealkylation sites (N-methyl/N-ethyl adjacent to an activating group) is 1. The maximum absolute atomic E-state index is 12.0. The van der Waals surface area contributed by atoms with Crippen LogP contribution in [0.3, 0.4) is 0 Å². The summed E-state index contributed by atoms with van der Waals surface area (Å²) in [6.07, 6.45) is 0.520. The molecule has 21 heavy (non-hydrogen) atoms. The van der Waals surface area contributed by atoms with Crippen LogP contribution in [-0.4, -0.2) is 50.4 Å². The molecule has 1 aliphatic heterocycles. The zero-order valence-corrected chi connectivity index (χ0v) is 13.3. The molecule has 0 spiro atoms. The van der Waals surface area contributed by atoms with E-state index >= 15 is 0 Å². The number of benzene rings is 1. The summed E-state index contributed by atoms with van der Waals surface area (Å²) < 4.78 is 22.8. The molecule has 1 aromatic rings. The average molecular weight is 310 g/mol. The number of hydrogen-bond donors (Lipinski definition) is 1. The average Bonchev–Trinajstić information content (AvgIpc) is 2.77. The van der Waals surface area contributed by atoms with E-state index in [1.165, 1.54) is 0 Å². The van der Waals surface area contributed by atoms with Gasteiger partial charge >= 0.3 is 0 Å². The van der Waals surface area contributed by atoms with Crippen LogP contribution in [0.2, 0.25) is 0 Å². The Morgan fingerprint density at radius 2 is 2.05 bits per heavy atom. The number of hydrogen-bond acceptors (Lipinski definition) is 4. The van der Waals surface area contributed by atoms with E-state index in [1.807, 2.05) is 49.2 Å². The predicted molar refractivity (Wildman–Crippen MR) is 82.7 cm³/mol. The van der Waals surface area contributed by atoms with E-state index in [-0.39, 0.29) is 36.0 Å². The van der Waals surface area contributed by atoms with Gasteiger partial charge in [-0.1, -0.05) is 30.3 Å². The third kappa shape index (κ3) is 4.54. The molecule has 0 radical (unpaired) electrons. The summed E-state index contributed by atoms with van der Waals surface area (Å²) in [4.78, 5) is 14.0. The van der Waals surface area contributed by atoms with Gasteiger partial charge in [0.1, 0.15) is 0 Å². The first-order chi connectivity index (χ1) is 9.87. The number of amides is 1. The van der Waals surface area contributed by atoms with Gasteiger partial charge in [-0.05, 0) is 26.0 Å². The second-order valence-electron chi connectivity index (χ2n) is 5.67. The lowest BCUT2D eigenvalue weighted by molar-refractivity contribution is -0.122. The highest BCUT2D eigenvalue weighted by Gasteiger charge is 2.29. The van der Waals surface area contributed by atoms with E-state index in [1.54, 1.807) is 0 Å². The summed E-state index contributed by atoms with van der Waals surface area (Å²) in [7, 11) is -1.07. The second-order valence-corrected chi connectivity index (χ2v) is 7.90. The lowest BCUT2D eigenvalue weighted by Crippen LogP contribution is -2.42. The van der Waals surface area contributed by atoms with Gasteiger partial charge in [-0.15, -0.1) is 0 Å². The molecule has 1 fully saturated rings. The molecule has 1 heterocycles. The first-order valence-corrected chi connectivity index (χ1v) is 8.94. The van der Waals surface area contributed by atoms with Crippen LogP contribution in [0.1, 0.15) is 24.9 Å². The van der Waals surface area contributed by atoms with Crippen LogP contribution >= 0.6 is 0 Å². The summed E-state index contributed by atoms with van der Waals surface area (Å²) in [6.45, 7) is 2.30. The van der Waals surface area contributed by atoms with Gasteiger partial charge in [0.25, 0.3) is 0 Å². The lowest BCUT2D eigenvalue weighted by atomic mass is 10.1. The van der Waals surface area contributed by atoms with Crippen LogP contribution < -0.4 is 5.32 Å². The number of rotatable bonds is 5. The Balaban J connectivity index is 1.85. The molecule has 0 bridgehead atoms. The Hall–Kier alpha value is -1.40. The fraction of sp³-hybridized carbons (Fsp3) is 0.533. The molecule has 0 aromatic heterocycles. The van der Waals surface area contributed by atoms with Crippen molar-refractivity contribution < 1.29 is 13.2 Å². The summed E-state index contributed by atoms with van der Waals surface area (Å²) in [5.41, 5.74) is 1.15. The smallest absolute Gasteiger partial charge is 0.234 e. The fourth-order valence-electron chi connectivity index (χ4n) is 2.53. The third-order valence-electron chi connectivity index (χ3n) is 3.93. The molecule has 1 N–H and O–H groups in total. The van der Waals surface area contributed by atoms with E-state index in [9.17, 15) is 13.2 Å². The van der Waals surface area contributed by atoms with Crippen LogP contribution in [-0.2, 0) is 14.6 Å². The molecule has 1 aliphatic rings. The van der Waals surface area contributed by atoms with Gasteiger partial charge in [-0.25, -0.2) is 8.42 Å². The number of nitrogens with one attached hydrogen (secondary N) is 1. The Bertz CT molecular complexity index is 586. The summed E-state index contributed by atoms with van der Waals surface area (Å²) >= 11 is 0. The highest BCUT2D eigenvalue weighted by atomic mass is 32.2. The highest BCUT2D eigenvalue weighted by molar-refractivity contribution is 7.91. The monoisotopic (exact) mass is 310 g/mol. The van der Waals surface area contributed by atoms with Gasteiger partial charge < -0.3 is 5.32 Å². The molecule has 1 saturated heterocycles. The van der Waals surface area contributed by atoms with Crippen molar-refractivity contribution in [3.8, 4) is 0 Å². The summed E-state index contributed by atoms with van der Waals surface area (Å²) in [5.74, 6) is 0.118. The van der Waals surface area contributed by atoms with Gasteiger partial charge in [0, 0.05) is 12.1 Å². The van der Waals surface area contributed by atoms with Crippen molar-refractivity contribution >= 4 is 15.7 Å². The minimum Gasteiger partial charge on any atom is -0.351 e. The van der Waals surface area contributed by atoms with Crippen LogP contribution in [0.25, 0.3) is 0 Å². The Labute approximate surface area is 126 Å². The normalized spacial score (nSPS) is 22.1. The molecule has 0 unspecified atom stereocenters. The van der Waals surface area contributed by atoms with Crippen LogP contribution in [0.5, 0.6) is 0 Å². The SMILES string of the molecule is C[C@H](c1ccccc1)N(C)CC(=O)N[C@H]1CCS(=O)(=O)C1. The van der Waals surface area contributed by atoms with E-state index in [2.05, 4.69) is 5.32 Å². The quantitative estimate of drug-likeness (QED) is 0.880. The van der Waals surface area contributed by atoms with E-state index in [0.29, 0.717) is 6.42 Å². The van der Waals surface area contributed by atoms with Gasteiger partial charge in [-0.2, -0.15) is 0 Å². The number of carbonyl (C=O) groups excluding carboxylic acids is 1. The minimum atomic E-state index is -2.96. The largest absolute Gasteiger partial charge is 0.351 e. The Kier molecular flexibility index (Phi) is 5.00. The molecular formula is C15H22N2O3S. The van der Waals surface area contributed by atoms with Crippen molar-refractivity contribution in [2.45, 2.75) is 25.4 Å². The minimum absolute atomic E-state index is 0.0662. The van der Waals surface area contributed by atoms with Crippen molar-refractivity contribution in [1.29, 1.82) is 0 Å². The van der Waals surface area contributed by atoms with Gasteiger partial charge in [-0.3, -0.25) is 9.69 Å². The number of nitrogens with zero attached hydrogens (tertiary/aromatic N) is 1. The molecular weight excluding hydrogens is 288 g/mol. The van der Waals surface area contributed by atoms with Crippen molar-refractivity contribution in [1.82, 2.24) is 10.2 Å². The third-order valence-corrected chi connectivity index (χ3v) is 5.70. The van der Waals surface area contributed by atoms with Crippen LogP contribution in [0.15, 0.2) is 30.3 Å². The van der Waals surface area contributed by atoms with E-state index in [0.717, 1.165) is 5.56 Å². The van der Waals surface area contributed by atoms with Crippen molar-refractivity contribution in [3.05, 3.63) is 35.9 Å². The molecule has 1 aromatic carbocycles. The lowest BCUT2D eigenvalue weighted by Gasteiger charge is -2.25. The molecule has 0 saturated carbocycles. The number of carbonyl (C=O) groups is 1. The van der Waals surface area contributed by atoms with Gasteiger partial charge in [0.15, 0.2) is 9.84 Å². The van der Waals surface area contributed by atoms with E-state index < -0.39 is 9.84 Å². The van der Waals surface area contributed by atoms with Gasteiger partial charge in [0.2, 0.25) is 5.91 Å². The highest BCUT2D eigenvalue weighted by Crippen LogP contribution is 2.17. The van der Waals surface area contributed by atoms with Crippen molar-refractivity contribution in [2.24, 2.45) is 0 Å². The van der Waals surface area contributed by atoms with Crippen LogP contribution in [0.4, 0.5) is 0 Å². The first-order valence-electron chi connectivity index (χ1n) is 7.12. The fourth-order valence-corrected chi connectivity index (χ4v) is 4.20. The molecule has 2 atom stereocenters. The molecule has 2 rings (SSSR count). The predicted octanol–water partition coefficient (Wildman–Crippen LogP) is 0.983. The summed E-state index contributed by atoms with van der Waals surface area (Å²) in [6, 6.07) is 9.87. The Morgan fingerprint density at radius 1 is 1.38 bits per heavy atom. The molecule has 6 heteroatoms. The molecule has 5 nitrogen and oxygen atoms in total. The maximum atomic E-state index is 12.0. The maximum Gasteiger partial charge on any atom is 0.234 e. The first kappa shape index (κ1) is 16.0. The molecule has 1 amide bonds. The van der Waals surface area contributed by atoms with E-state index in [4.69, 9.17) is 0 Å². The van der Waals surface area contributed by atoms with Crippen LogP contribution in [0, 0.1) is 0 Å². The zero-order valence-electron chi connectivity index (χ0n) is 12.5. The van der Waals surface area contributed by atoms with Crippen molar-refractivity contribution in [3.63, 3.8) is 0 Å². The number of sulfone groups is 1. The Morgan fingerprint density at radius 3 is 2.62 bits per heavy atom. The summed E-state index contributed by atoms with van der Waals surface area (Å²) in [5, 5.41) is 2.81. The topological polar surface area (TPSA) is 66.5 Å². The second kappa shape index (κ2) is 6.58. The van der Waals surface area contributed by atoms with Gasteiger partial charge in [0.05, 0.1) is 18.1 Å².